The molecule has 1 aromatic rings. The summed E-state index contributed by atoms with van der Waals surface area (Å²) in [5.41, 5.74) is 3.66. The van der Waals surface area contributed by atoms with Crippen molar-refractivity contribution >= 4 is 17.7 Å². The first-order valence-electron chi connectivity index (χ1n) is 7.92. The molecule has 126 valence electrons. The molecular weight excluding hydrogens is 310 g/mol. The molecule has 24 heavy (non-hydrogen) atoms. The number of carbonyl (C=O) groups excluding carboxylic acids is 2. The number of hydrogen-bond acceptors (Lipinski definition) is 5. The van der Waals surface area contributed by atoms with E-state index in [0.717, 1.165) is 24.1 Å². The Morgan fingerprint density at radius 3 is 2.75 bits per heavy atom. The summed E-state index contributed by atoms with van der Waals surface area (Å²) in [5, 5.41) is 9.23. The molecule has 0 aromatic heterocycles. The van der Waals surface area contributed by atoms with Crippen LogP contribution in [0.5, 0.6) is 0 Å². The highest BCUT2D eigenvalue weighted by Gasteiger charge is 2.44. The van der Waals surface area contributed by atoms with Gasteiger partial charge in [-0.25, -0.2) is 10.3 Å². The molecule has 0 unspecified atom stereocenters. The molecule has 1 saturated heterocycles. The van der Waals surface area contributed by atoms with Gasteiger partial charge in [-0.3, -0.25) is 14.5 Å². The van der Waals surface area contributed by atoms with Crippen LogP contribution in [0.15, 0.2) is 24.3 Å². The summed E-state index contributed by atoms with van der Waals surface area (Å²) >= 11 is 0. The molecule has 3 rings (SSSR count). The summed E-state index contributed by atoms with van der Waals surface area (Å²) in [5.74, 6) is -0.272. The van der Waals surface area contributed by atoms with Crippen molar-refractivity contribution in [3.63, 3.8) is 0 Å². The van der Waals surface area contributed by atoms with E-state index >= 15 is 0 Å². The largest absolute Gasteiger partial charge is 0.444 e. The molecule has 2 aliphatic rings. The Morgan fingerprint density at radius 1 is 1.46 bits per heavy atom. The number of nitrogens with zero attached hydrogens (tertiary/aromatic N) is 2. The molecule has 1 atom stereocenters. The van der Waals surface area contributed by atoms with Crippen LogP contribution in [-0.2, 0) is 19.8 Å². The lowest BCUT2D eigenvalue weighted by Crippen LogP contribution is -2.26. The second kappa shape index (κ2) is 6.49. The molecule has 0 bridgehead atoms. The zero-order valence-corrected chi connectivity index (χ0v) is 13.4. The fourth-order valence-electron chi connectivity index (χ4n) is 2.78. The summed E-state index contributed by atoms with van der Waals surface area (Å²) < 4.78 is 5.31. The van der Waals surface area contributed by atoms with E-state index < -0.39 is 6.09 Å². The minimum absolute atomic E-state index is 0.272. The monoisotopic (exact) mass is 329 g/mol. The molecule has 1 aliphatic carbocycles. The van der Waals surface area contributed by atoms with Gasteiger partial charge in [0.15, 0.2) is 0 Å². The van der Waals surface area contributed by atoms with Crippen LogP contribution in [0.3, 0.4) is 0 Å². The van der Waals surface area contributed by atoms with Crippen LogP contribution in [0.1, 0.15) is 31.7 Å². The SMILES string of the molecule is CC(=O)NOCC[C@H]1CN(c2ccc(C3(C#N)CC3)cc2)C(=O)O1. The van der Waals surface area contributed by atoms with Gasteiger partial charge in [-0.2, -0.15) is 5.26 Å². The van der Waals surface area contributed by atoms with Crippen LogP contribution in [0, 0.1) is 11.3 Å². The highest BCUT2D eigenvalue weighted by molar-refractivity contribution is 5.89. The number of ether oxygens (including phenoxy) is 1. The second-order valence-corrected chi connectivity index (χ2v) is 6.15. The number of rotatable bonds is 6. The van der Waals surface area contributed by atoms with Gasteiger partial charge in [0.25, 0.3) is 0 Å². The van der Waals surface area contributed by atoms with Gasteiger partial charge in [0.2, 0.25) is 5.91 Å². The maximum absolute atomic E-state index is 12.0. The van der Waals surface area contributed by atoms with Crippen molar-refractivity contribution in [3.8, 4) is 6.07 Å². The number of carbonyl (C=O) groups is 2. The predicted molar refractivity (Wildman–Crippen MR) is 85.0 cm³/mol. The molecule has 2 fully saturated rings. The number of hydrogen-bond donors (Lipinski definition) is 1. The quantitative estimate of drug-likeness (QED) is 0.637. The van der Waals surface area contributed by atoms with Gasteiger partial charge in [-0.15, -0.1) is 0 Å². The summed E-state index contributed by atoms with van der Waals surface area (Å²) in [6.45, 7) is 2.07. The summed E-state index contributed by atoms with van der Waals surface area (Å²) in [6.07, 6.45) is 1.61. The Balaban J connectivity index is 1.56. The molecule has 0 spiro atoms. The van der Waals surface area contributed by atoms with Gasteiger partial charge in [-0.05, 0) is 30.5 Å². The van der Waals surface area contributed by atoms with Crippen molar-refractivity contribution in [2.45, 2.75) is 37.7 Å². The van der Waals surface area contributed by atoms with Crippen molar-refractivity contribution in [2.24, 2.45) is 0 Å². The zero-order chi connectivity index (χ0) is 17.2. The van der Waals surface area contributed by atoms with E-state index in [2.05, 4.69) is 11.5 Å². The highest BCUT2D eigenvalue weighted by atomic mass is 16.7. The normalized spacial score (nSPS) is 21.1. The number of nitriles is 1. The fourth-order valence-corrected chi connectivity index (χ4v) is 2.78. The van der Waals surface area contributed by atoms with E-state index in [4.69, 9.17) is 9.57 Å². The Bertz CT molecular complexity index is 676. The van der Waals surface area contributed by atoms with Gasteiger partial charge >= 0.3 is 6.09 Å². The number of cyclic esters (lactones) is 1. The molecule has 2 amide bonds. The van der Waals surface area contributed by atoms with Crippen molar-refractivity contribution in [1.82, 2.24) is 5.48 Å². The van der Waals surface area contributed by atoms with Crippen molar-refractivity contribution < 1.29 is 19.2 Å². The average Bonchev–Trinajstić information content (AvgIpc) is 3.29. The topological polar surface area (TPSA) is 91.7 Å². The number of nitrogens with one attached hydrogen (secondary N) is 1. The number of amides is 2. The lowest BCUT2D eigenvalue weighted by atomic mass is 9.97. The number of benzene rings is 1. The van der Waals surface area contributed by atoms with Crippen molar-refractivity contribution in [3.05, 3.63) is 29.8 Å². The molecule has 1 saturated carbocycles. The summed E-state index contributed by atoms with van der Waals surface area (Å²) in [6, 6.07) is 9.88. The van der Waals surface area contributed by atoms with Gasteiger partial charge < -0.3 is 4.74 Å². The number of hydroxylamine groups is 1. The first kappa shape index (κ1) is 16.3. The van der Waals surface area contributed by atoms with E-state index in [1.807, 2.05) is 24.3 Å². The number of anilines is 1. The van der Waals surface area contributed by atoms with Crippen LogP contribution in [-0.4, -0.2) is 31.3 Å². The van der Waals surface area contributed by atoms with Crippen LogP contribution < -0.4 is 10.4 Å². The first-order chi connectivity index (χ1) is 11.5. The van der Waals surface area contributed by atoms with E-state index in [9.17, 15) is 14.9 Å². The summed E-state index contributed by atoms with van der Waals surface area (Å²) in [7, 11) is 0. The van der Waals surface area contributed by atoms with Gasteiger partial charge in [0, 0.05) is 19.0 Å². The minimum Gasteiger partial charge on any atom is -0.444 e. The van der Waals surface area contributed by atoms with Gasteiger partial charge in [-0.1, -0.05) is 12.1 Å². The van der Waals surface area contributed by atoms with Gasteiger partial charge in [0.05, 0.1) is 24.6 Å². The van der Waals surface area contributed by atoms with Crippen LogP contribution in [0.4, 0.5) is 10.5 Å². The molecule has 1 aromatic carbocycles. The Kier molecular flexibility index (Phi) is 4.40. The molecule has 1 aliphatic heterocycles. The van der Waals surface area contributed by atoms with Crippen LogP contribution >= 0.6 is 0 Å². The molecular formula is C17H19N3O4. The predicted octanol–water partition coefficient (Wildman–Crippen LogP) is 2.02. The maximum Gasteiger partial charge on any atom is 0.414 e. The first-order valence-corrected chi connectivity index (χ1v) is 7.92. The van der Waals surface area contributed by atoms with Crippen LogP contribution in [0.25, 0.3) is 0 Å². The Labute approximate surface area is 140 Å². The van der Waals surface area contributed by atoms with E-state index in [1.165, 1.54) is 6.92 Å². The minimum atomic E-state index is -0.395. The smallest absolute Gasteiger partial charge is 0.414 e. The third-order valence-electron chi connectivity index (χ3n) is 4.33. The molecule has 7 nitrogen and oxygen atoms in total. The third kappa shape index (κ3) is 3.34. The summed E-state index contributed by atoms with van der Waals surface area (Å²) in [4.78, 5) is 29.3. The van der Waals surface area contributed by atoms with E-state index in [-0.39, 0.29) is 24.0 Å². The maximum atomic E-state index is 12.0. The zero-order valence-electron chi connectivity index (χ0n) is 13.4. The lowest BCUT2D eigenvalue weighted by molar-refractivity contribution is -0.131. The lowest BCUT2D eigenvalue weighted by Gasteiger charge is -2.14. The fraction of sp³-hybridized carbons (Fsp3) is 0.471. The van der Waals surface area contributed by atoms with Crippen molar-refractivity contribution in [2.75, 3.05) is 18.1 Å². The van der Waals surface area contributed by atoms with Gasteiger partial charge in [0.1, 0.15) is 6.10 Å². The standard InChI is InChI=1S/C17H19N3O4/c1-12(21)19-23-9-6-15-10-20(16(22)24-15)14-4-2-13(3-5-14)17(11-18)7-8-17/h2-5,15H,6-10H2,1H3,(H,19,21)/t15-/m0/s1. The molecule has 0 radical (unpaired) electrons. The molecule has 1 N–H and O–H groups in total. The van der Waals surface area contributed by atoms with Crippen LogP contribution in [0.2, 0.25) is 0 Å². The highest BCUT2D eigenvalue weighted by Crippen LogP contribution is 2.47. The molecule has 7 heteroatoms. The molecule has 1 heterocycles. The average molecular weight is 329 g/mol. The van der Waals surface area contributed by atoms with E-state index in [0.29, 0.717) is 13.0 Å². The third-order valence-corrected chi connectivity index (χ3v) is 4.33. The Morgan fingerprint density at radius 2 is 2.17 bits per heavy atom. The van der Waals surface area contributed by atoms with Crippen molar-refractivity contribution in [1.29, 1.82) is 5.26 Å². The second-order valence-electron chi connectivity index (χ2n) is 6.15. The Hall–Kier alpha value is -2.59. The van der Waals surface area contributed by atoms with E-state index in [1.54, 1.807) is 4.90 Å².